The van der Waals surface area contributed by atoms with Crippen LogP contribution in [0.25, 0.3) is 10.1 Å². The minimum absolute atomic E-state index is 0.318. The first kappa shape index (κ1) is 16.0. The van der Waals surface area contributed by atoms with Gasteiger partial charge in [-0.2, -0.15) is 0 Å². The molecule has 2 aromatic heterocycles. The molecule has 4 nitrogen and oxygen atoms in total. The summed E-state index contributed by atoms with van der Waals surface area (Å²) in [5, 5.41) is 5.82. The van der Waals surface area contributed by atoms with Crippen LogP contribution < -0.4 is 5.32 Å². The Morgan fingerprint density at radius 3 is 2.74 bits per heavy atom. The Balaban J connectivity index is 1.58. The second kappa shape index (κ2) is 7.12. The molecular formula is C16H12ClNO3S2. The number of nitrogens with one attached hydrogen (secondary N) is 1. The van der Waals surface area contributed by atoms with Crippen LogP contribution in [0.1, 0.15) is 14.5 Å². The summed E-state index contributed by atoms with van der Waals surface area (Å²) in [5.41, 5.74) is 0. The lowest BCUT2D eigenvalue weighted by Crippen LogP contribution is -2.28. The van der Waals surface area contributed by atoms with E-state index in [9.17, 15) is 9.59 Å². The van der Waals surface area contributed by atoms with E-state index in [2.05, 4.69) is 5.32 Å². The number of benzene rings is 1. The summed E-state index contributed by atoms with van der Waals surface area (Å²) in [6.45, 7) is 0.104. The molecule has 1 amide bonds. The van der Waals surface area contributed by atoms with Gasteiger partial charge in [0.1, 0.15) is 4.88 Å². The fourth-order valence-corrected chi connectivity index (χ4v) is 4.04. The van der Waals surface area contributed by atoms with Gasteiger partial charge in [0.2, 0.25) is 0 Å². The number of rotatable bonds is 5. The van der Waals surface area contributed by atoms with E-state index in [1.165, 1.54) is 11.3 Å². The van der Waals surface area contributed by atoms with Crippen LogP contribution in [-0.2, 0) is 16.1 Å². The van der Waals surface area contributed by atoms with Crippen molar-refractivity contribution in [2.75, 3.05) is 6.61 Å². The number of carbonyl (C=O) groups excluding carboxylic acids is 2. The Kier molecular flexibility index (Phi) is 4.95. The predicted octanol–water partition coefficient (Wildman–Crippen LogP) is 4.09. The lowest BCUT2D eigenvalue weighted by molar-refractivity contribution is -0.124. The summed E-state index contributed by atoms with van der Waals surface area (Å²) >= 11 is 9.02. The van der Waals surface area contributed by atoms with Crippen molar-refractivity contribution >= 4 is 56.2 Å². The van der Waals surface area contributed by atoms with Crippen LogP contribution >= 0.6 is 34.3 Å². The average molecular weight is 366 g/mol. The van der Waals surface area contributed by atoms with E-state index in [4.69, 9.17) is 16.3 Å². The van der Waals surface area contributed by atoms with Gasteiger partial charge in [0.05, 0.1) is 11.6 Å². The van der Waals surface area contributed by atoms with Gasteiger partial charge in [-0.05, 0) is 17.5 Å². The minimum Gasteiger partial charge on any atom is -0.451 e. The molecule has 0 unspecified atom stereocenters. The van der Waals surface area contributed by atoms with Crippen LogP contribution in [0.15, 0.2) is 41.8 Å². The van der Waals surface area contributed by atoms with Crippen LogP contribution in [0.5, 0.6) is 0 Å². The maximum Gasteiger partial charge on any atom is 0.350 e. The number of halogens is 1. The third kappa shape index (κ3) is 3.72. The Hall–Kier alpha value is -1.89. The summed E-state index contributed by atoms with van der Waals surface area (Å²) in [6.07, 6.45) is 0. The molecule has 0 aliphatic rings. The Morgan fingerprint density at radius 2 is 2.00 bits per heavy atom. The smallest absolute Gasteiger partial charge is 0.350 e. The lowest BCUT2D eigenvalue weighted by atomic mass is 10.2. The highest BCUT2D eigenvalue weighted by atomic mass is 35.5. The van der Waals surface area contributed by atoms with E-state index < -0.39 is 5.97 Å². The second-order valence-electron chi connectivity index (χ2n) is 4.67. The van der Waals surface area contributed by atoms with Gasteiger partial charge in [-0.15, -0.1) is 22.7 Å². The molecule has 0 saturated heterocycles. The SMILES string of the molecule is O=C(COC(=O)c1sc2ccccc2c1Cl)NCc1cccs1. The van der Waals surface area contributed by atoms with Gasteiger partial charge in [-0.3, -0.25) is 4.79 Å². The summed E-state index contributed by atoms with van der Waals surface area (Å²) in [5.74, 6) is -0.925. The van der Waals surface area contributed by atoms with Gasteiger partial charge in [0, 0.05) is 15.0 Å². The fraction of sp³-hybridized carbons (Fsp3) is 0.125. The van der Waals surface area contributed by atoms with Crippen LogP contribution in [0.2, 0.25) is 5.02 Å². The van der Waals surface area contributed by atoms with Gasteiger partial charge in [-0.1, -0.05) is 35.9 Å². The zero-order valence-electron chi connectivity index (χ0n) is 11.9. The van der Waals surface area contributed by atoms with Gasteiger partial charge in [-0.25, -0.2) is 4.79 Å². The van der Waals surface area contributed by atoms with Gasteiger partial charge >= 0.3 is 5.97 Å². The molecule has 0 bridgehead atoms. The molecule has 0 radical (unpaired) electrons. The first-order valence-corrected chi connectivity index (χ1v) is 8.86. The van der Waals surface area contributed by atoms with Crippen molar-refractivity contribution in [3.63, 3.8) is 0 Å². The fourth-order valence-electron chi connectivity index (χ4n) is 1.99. The third-order valence-corrected chi connectivity index (χ3v) is 5.63. The normalized spacial score (nSPS) is 10.7. The molecule has 0 fully saturated rings. The molecule has 7 heteroatoms. The lowest BCUT2D eigenvalue weighted by Gasteiger charge is -2.05. The van der Waals surface area contributed by atoms with Crippen molar-refractivity contribution in [3.8, 4) is 0 Å². The van der Waals surface area contributed by atoms with Crippen molar-refractivity contribution in [2.24, 2.45) is 0 Å². The Labute approximate surface area is 145 Å². The van der Waals surface area contributed by atoms with E-state index in [1.807, 2.05) is 41.8 Å². The second-order valence-corrected chi connectivity index (χ2v) is 7.14. The number of hydrogen-bond donors (Lipinski definition) is 1. The third-order valence-electron chi connectivity index (χ3n) is 3.09. The van der Waals surface area contributed by atoms with Crippen molar-refractivity contribution < 1.29 is 14.3 Å². The molecule has 3 rings (SSSR count). The maximum atomic E-state index is 12.1. The topological polar surface area (TPSA) is 55.4 Å². The van der Waals surface area contributed by atoms with E-state index in [0.717, 1.165) is 15.0 Å². The number of hydrogen-bond acceptors (Lipinski definition) is 5. The van der Waals surface area contributed by atoms with Crippen molar-refractivity contribution in [1.29, 1.82) is 0 Å². The molecule has 0 spiro atoms. The number of fused-ring (bicyclic) bond motifs is 1. The molecular weight excluding hydrogens is 354 g/mol. The molecule has 3 aromatic rings. The van der Waals surface area contributed by atoms with Crippen LogP contribution in [0, 0.1) is 0 Å². The van der Waals surface area contributed by atoms with Crippen LogP contribution in [0.3, 0.4) is 0 Å². The largest absolute Gasteiger partial charge is 0.451 e. The molecule has 1 aromatic carbocycles. The highest BCUT2D eigenvalue weighted by Gasteiger charge is 2.19. The summed E-state index contributed by atoms with van der Waals surface area (Å²) in [7, 11) is 0. The average Bonchev–Trinajstić information content (AvgIpc) is 3.19. The molecule has 2 heterocycles. The zero-order valence-corrected chi connectivity index (χ0v) is 14.3. The van der Waals surface area contributed by atoms with Crippen LogP contribution in [-0.4, -0.2) is 18.5 Å². The Bertz CT molecular complexity index is 842. The molecule has 0 aliphatic carbocycles. The quantitative estimate of drug-likeness (QED) is 0.693. The number of ether oxygens (including phenoxy) is 1. The number of carbonyl (C=O) groups is 2. The summed E-state index contributed by atoms with van der Waals surface area (Å²) in [6, 6.07) is 11.3. The van der Waals surface area contributed by atoms with Gasteiger partial charge in [0.15, 0.2) is 6.61 Å². The van der Waals surface area contributed by atoms with E-state index in [-0.39, 0.29) is 12.5 Å². The standard InChI is InChI=1S/C16H12ClNO3S2/c17-14-11-5-1-2-6-12(11)23-15(14)16(20)21-9-13(19)18-8-10-4-3-7-22-10/h1-7H,8-9H2,(H,18,19). The molecule has 1 N–H and O–H groups in total. The molecule has 0 saturated carbocycles. The minimum atomic E-state index is -0.581. The van der Waals surface area contributed by atoms with Crippen molar-refractivity contribution in [2.45, 2.75) is 6.54 Å². The van der Waals surface area contributed by atoms with E-state index in [1.54, 1.807) is 11.3 Å². The molecule has 118 valence electrons. The first-order valence-electron chi connectivity index (χ1n) is 6.78. The summed E-state index contributed by atoms with van der Waals surface area (Å²) in [4.78, 5) is 25.2. The monoisotopic (exact) mass is 365 g/mol. The number of amides is 1. The predicted molar refractivity (Wildman–Crippen MR) is 93.3 cm³/mol. The highest BCUT2D eigenvalue weighted by Crippen LogP contribution is 2.35. The van der Waals surface area contributed by atoms with E-state index in [0.29, 0.717) is 16.4 Å². The maximum absolute atomic E-state index is 12.1. The Morgan fingerprint density at radius 1 is 1.17 bits per heavy atom. The van der Waals surface area contributed by atoms with Crippen LogP contribution in [0.4, 0.5) is 0 Å². The molecule has 0 aliphatic heterocycles. The highest BCUT2D eigenvalue weighted by molar-refractivity contribution is 7.21. The van der Waals surface area contributed by atoms with Crippen molar-refractivity contribution in [1.82, 2.24) is 5.32 Å². The molecule has 0 atom stereocenters. The number of thiophene rings is 2. The van der Waals surface area contributed by atoms with Crippen molar-refractivity contribution in [3.05, 3.63) is 56.6 Å². The van der Waals surface area contributed by atoms with E-state index >= 15 is 0 Å². The number of esters is 1. The molecule has 23 heavy (non-hydrogen) atoms. The summed E-state index contributed by atoms with van der Waals surface area (Å²) < 4.78 is 5.96. The van der Waals surface area contributed by atoms with Gasteiger partial charge in [0.25, 0.3) is 5.91 Å². The first-order chi connectivity index (χ1) is 11.1. The zero-order chi connectivity index (χ0) is 16.2. The van der Waals surface area contributed by atoms with Gasteiger partial charge < -0.3 is 10.1 Å².